The molecule has 21 nitrogen and oxygen atoms in total. The number of urea groups is 1. The number of nitrogens with zero attached hydrogens (tertiary/aromatic N) is 1. The summed E-state index contributed by atoms with van der Waals surface area (Å²) in [5, 5.41) is 113. The summed E-state index contributed by atoms with van der Waals surface area (Å²) in [5.41, 5.74) is 6.74. The van der Waals surface area contributed by atoms with E-state index in [1.165, 1.54) is 4.90 Å². The summed E-state index contributed by atoms with van der Waals surface area (Å²) >= 11 is 0. The van der Waals surface area contributed by atoms with Crippen LogP contribution in [0.3, 0.4) is 0 Å². The third-order valence-corrected chi connectivity index (χ3v) is 9.90. The molecular formula is C38H69N7O14. The predicted octanol–water partition coefficient (Wildman–Crippen LogP) is -4.81. The Hall–Kier alpha value is -3.58. The number of aryl methyl sites for hydroxylation is 1. The van der Waals surface area contributed by atoms with Crippen molar-refractivity contribution in [3.8, 4) is 0 Å². The van der Waals surface area contributed by atoms with Crippen LogP contribution in [0.2, 0.25) is 0 Å². The van der Waals surface area contributed by atoms with Crippen LogP contribution in [0.25, 0.3) is 0 Å². The first-order chi connectivity index (χ1) is 27.8. The summed E-state index contributed by atoms with van der Waals surface area (Å²) in [5.74, 6) is -2.05. The van der Waals surface area contributed by atoms with Gasteiger partial charge in [0.2, 0.25) is 17.7 Å². The molecule has 0 aliphatic rings. The van der Waals surface area contributed by atoms with E-state index in [4.69, 9.17) is 15.9 Å². The lowest BCUT2D eigenvalue weighted by molar-refractivity contribution is -0.132. The third kappa shape index (κ3) is 19.1. The molecule has 0 bridgehead atoms. The second-order valence-corrected chi connectivity index (χ2v) is 15.0. The second kappa shape index (κ2) is 28.0. The monoisotopic (exact) mass is 847 g/mol. The van der Waals surface area contributed by atoms with Crippen molar-refractivity contribution >= 4 is 29.4 Å². The molecular weight excluding hydrogens is 778 g/mol. The predicted molar refractivity (Wildman–Crippen MR) is 215 cm³/mol. The molecule has 0 aromatic heterocycles. The summed E-state index contributed by atoms with van der Waals surface area (Å²) in [6.45, 7) is 2.97. The minimum atomic E-state index is -1.94. The molecule has 1 aromatic rings. The van der Waals surface area contributed by atoms with Gasteiger partial charge in [-0.25, -0.2) is 4.79 Å². The van der Waals surface area contributed by atoms with Crippen molar-refractivity contribution in [2.45, 2.75) is 126 Å². The Morgan fingerprint density at radius 3 is 1.64 bits per heavy atom. The molecule has 0 heterocycles. The second-order valence-electron chi connectivity index (χ2n) is 15.0. The minimum Gasteiger partial charge on any atom is -0.394 e. The molecule has 1 aromatic carbocycles. The third-order valence-electron chi connectivity index (χ3n) is 9.90. The van der Waals surface area contributed by atoms with Crippen molar-refractivity contribution in [1.29, 1.82) is 0 Å². The summed E-state index contributed by atoms with van der Waals surface area (Å²) in [7, 11) is 1.54. The topological polar surface area (TPSA) is 360 Å². The summed E-state index contributed by atoms with van der Waals surface area (Å²) in [4.78, 5) is 53.0. The van der Waals surface area contributed by atoms with Gasteiger partial charge in [-0.1, -0.05) is 39.3 Å². The number of aliphatic hydroxyl groups is 10. The van der Waals surface area contributed by atoms with E-state index in [1.54, 1.807) is 33.0 Å². The number of hydrogen-bond donors (Lipinski definition) is 16. The van der Waals surface area contributed by atoms with Gasteiger partial charge in [0.15, 0.2) is 0 Å². The number of benzene rings is 1. The number of anilines is 1. The number of carbonyl (C=O) groups is 4. The van der Waals surface area contributed by atoms with Gasteiger partial charge in [0.25, 0.3) is 0 Å². The molecule has 0 saturated carbocycles. The molecule has 0 spiro atoms. The van der Waals surface area contributed by atoms with Gasteiger partial charge in [0.05, 0.1) is 31.5 Å². The van der Waals surface area contributed by atoms with Crippen LogP contribution >= 0.6 is 0 Å². The fraction of sp³-hybridized carbons (Fsp3) is 0.737. The van der Waals surface area contributed by atoms with Crippen LogP contribution in [-0.4, -0.2) is 193 Å². The number of rotatable bonds is 30. The molecule has 0 aliphatic carbocycles. The molecule has 17 N–H and O–H groups in total. The lowest BCUT2D eigenvalue weighted by atomic mass is 10.00. The number of nitrogens with one attached hydrogen (secondary N) is 5. The molecule has 59 heavy (non-hydrogen) atoms. The number of amides is 5. The fourth-order valence-corrected chi connectivity index (χ4v) is 6.11. The Kier molecular flexibility index (Phi) is 25.4. The van der Waals surface area contributed by atoms with Gasteiger partial charge in [-0.05, 0) is 69.3 Å². The summed E-state index contributed by atoms with van der Waals surface area (Å²) < 4.78 is 0. The first-order valence-corrected chi connectivity index (χ1v) is 19.9. The van der Waals surface area contributed by atoms with Crippen molar-refractivity contribution in [3.63, 3.8) is 0 Å². The molecule has 0 unspecified atom stereocenters. The maximum Gasteiger partial charge on any atom is 0.312 e. The van der Waals surface area contributed by atoms with Crippen molar-refractivity contribution in [2.75, 3.05) is 51.8 Å². The average molecular weight is 848 g/mol. The van der Waals surface area contributed by atoms with Gasteiger partial charge < -0.3 is 83.4 Å². The van der Waals surface area contributed by atoms with Gasteiger partial charge in [0.1, 0.15) is 48.7 Å². The number of aliphatic hydroxyl groups excluding tert-OH is 10. The van der Waals surface area contributed by atoms with E-state index in [0.717, 1.165) is 12.0 Å². The van der Waals surface area contributed by atoms with Gasteiger partial charge in [0, 0.05) is 25.3 Å². The van der Waals surface area contributed by atoms with Crippen LogP contribution in [0.1, 0.15) is 58.4 Å². The number of hydrogen-bond acceptors (Lipinski definition) is 16. The molecule has 340 valence electrons. The van der Waals surface area contributed by atoms with Crippen molar-refractivity contribution < 1.29 is 70.2 Å². The highest BCUT2D eigenvalue weighted by Gasteiger charge is 2.35. The number of primary amides is 1. The maximum absolute atomic E-state index is 13.6. The first-order valence-electron chi connectivity index (χ1n) is 19.9. The number of unbranched alkanes of at least 4 members (excludes halogenated alkanes) is 1. The van der Waals surface area contributed by atoms with Crippen molar-refractivity contribution in [2.24, 2.45) is 11.7 Å². The maximum atomic E-state index is 13.6. The van der Waals surface area contributed by atoms with Crippen LogP contribution < -0.4 is 32.3 Å². The lowest BCUT2D eigenvalue weighted by Gasteiger charge is -2.33. The first kappa shape index (κ1) is 53.4. The number of nitrogens with two attached hydrogens (primary N) is 1. The Bertz CT molecular complexity index is 1350. The number of likely N-dealkylation sites (N-methyl/N-ethyl adjacent to an activating group) is 1. The molecule has 0 radical (unpaired) electrons. The van der Waals surface area contributed by atoms with Gasteiger partial charge in [-0.3, -0.25) is 19.3 Å². The Labute approximate surface area is 345 Å². The smallest absolute Gasteiger partial charge is 0.312 e. The summed E-state index contributed by atoms with van der Waals surface area (Å²) in [6, 6.07) is 3.59. The van der Waals surface area contributed by atoms with Crippen molar-refractivity contribution in [3.05, 3.63) is 29.8 Å². The van der Waals surface area contributed by atoms with E-state index in [9.17, 15) is 60.0 Å². The van der Waals surface area contributed by atoms with E-state index >= 15 is 0 Å². The molecule has 21 heteroatoms. The van der Waals surface area contributed by atoms with Gasteiger partial charge >= 0.3 is 6.03 Å². The highest BCUT2D eigenvalue weighted by Crippen LogP contribution is 2.15. The fourth-order valence-electron chi connectivity index (χ4n) is 6.11. The zero-order valence-electron chi connectivity index (χ0n) is 34.4. The highest BCUT2D eigenvalue weighted by atomic mass is 16.4. The lowest BCUT2D eigenvalue weighted by Crippen LogP contribution is -2.57. The Balaban J connectivity index is 3.03. The minimum absolute atomic E-state index is 0.0566. The molecule has 0 saturated heterocycles. The van der Waals surface area contributed by atoms with Crippen LogP contribution in [0.15, 0.2) is 24.3 Å². The molecule has 11 atom stereocenters. The van der Waals surface area contributed by atoms with Crippen LogP contribution in [0, 0.1) is 5.92 Å². The Morgan fingerprint density at radius 1 is 0.678 bits per heavy atom. The zero-order chi connectivity index (χ0) is 44.8. The quantitative estimate of drug-likeness (QED) is 0.0323. The standard InChI is InChI=1S/C38H69N7O14/c1-5-22-11-13-23(14-12-22)42-36(57)25(10-8-15-41-38(39)59)43-37(58)30(21(2)3)44-35(56)24(40-4)9-6-7-16-45(17-26(48)31(52)33(54)28(50)19-46)18-27(49)32(53)34(55)29(51)20-47/h11-14,21,24-34,40,46-55H,5-10,15-20H2,1-4H3,(H,42,57)(H,43,58)(H,44,56)(H3,39,41,59)/t24-,25-,26-,27-,28+,29+,30-,31+,32+,33+,34+/m0/s1. The van der Waals surface area contributed by atoms with E-state index in [1.807, 2.05) is 19.1 Å². The number of carbonyl (C=O) groups excluding carboxylic acids is 4. The van der Waals surface area contributed by atoms with Crippen LogP contribution in [-0.2, 0) is 20.8 Å². The van der Waals surface area contributed by atoms with E-state index < -0.39 is 123 Å². The van der Waals surface area contributed by atoms with E-state index in [-0.39, 0.29) is 32.4 Å². The van der Waals surface area contributed by atoms with E-state index in [2.05, 4.69) is 26.6 Å². The summed E-state index contributed by atoms with van der Waals surface area (Å²) in [6.07, 6.45) is -12.6. The molecule has 0 fully saturated rings. The molecule has 0 aliphatic heterocycles. The van der Waals surface area contributed by atoms with Crippen LogP contribution in [0.4, 0.5) is 10.5 Å². The molecule has 1 rings (SSSR count). The largest absolute Gasteiger partial charge is 0.394 e. The highest BCUT2D eigenvalue weighted by molar-refractivity contribution is 5.98. The average Bonchev–Trinajstić information content (AvgIpc) is 3.21. The van der Waals surface area contributed by atoms with E-state index in [0.29, 0.717) is 18.5 Å². The van der Waals surface area contributed by atoms with Gasteiger partial charge in [-0.15, -0.1) is 0 Å². The van der Waals surface area contributed by atoms with Crippen molar-refractivity contribution in [1.82, 2.24) is 26.2 Å². The SMILES string of the molecule is CCc1ccc(NC(=O)[C@H](CCCNC(N)=O)NC(=O)[C@@H](NC(=O)[C@H](CCCCN(C[C@H](O)[C@@H](O)[C@H](O)[C@H](O)CO)C[C@H](O)[C@@H](O)[C@H](O)[C@H](O)CO)NC)C(C)C)cc1. The van der Waals surface area contributed by atoms with Gasteiger partial charge in [-0.2, -0.15) is 0 Å². The molecule has 5 amide bonds. The zero-order valence-corrected chi connectivity index (χ0v) is 34.4. The normalized spacial score (nSPS) is 17.4. The van der Waals surface area contributed by atoms with Crippen LogP contribution in [0.5, 0.6) is 0 Å². The Morgan fingerprint density at radius 2 is 1.19 bits per heavy atom.